The maximum atomic E-state index is 5.81. The number of alkyl halides is 1. The lowest BCUT2D eigenvalue weighted by atomic mass is 10.0. The highest BCUT2D eigenvalue weighted by Gasteiger charge is 2.01. The van der Waals surface area contributed by atoms with Gasteiger partial charge in [-0.1, -0.05) is 90.1 Å². The maximum Gasteiger partial charge on any atom is 0.0693 e. The van der Waals surface area contributed by atoms with E-state index in [2.05, 4.69) is 77.0 Å². The van der Waals surface area contributed by atoms with Crippen molar-refractivity contribution >= 4 is 33.1 Å². The Morgan fingerprint density at radius 2 is 1.25 bits per heavy atom. The van der Waals surface area contributed by atoms with E-state index in [9.17, 15) is 0 Å². The van der Waals surface area contributed by atoms with Crippen LogP contribution in [0.15, 0.2) is 97.3 Å². The number of nitrogens with zero attached hydrogens (tertiary/aromatic N) is 3. The third-order valence-corrected chi connectivity index (χ3v) is 5.00. The van der Waals surface area contributed by atoms with Crippen LogP contribution in [0.25, 0.3) is 21.5 Å². The molecule has 0 spiro atoms. The normalized spacial score (nSPS) is 10.6. The van der Waals surface area contributed by atoms with Gasteiger partial charge in [0, 0.05) is 12.1 Å². The van der Waals surface area contributed by atoms with Gasteiger partial charge in [-0.15, -0.1) is 16.7 Å². The quantitative estimate of drug-likeness (QED) is 0.353. The van der Waals surface area contributed by atoms with Gasteiger partial charge in [0.25, 0.3) is 0 Å². The van der Waals surface area contributed by atoms with Crippen LogP contribution >= 0.6 is 11.6 Å². The third-order valence-electron chi connectivity index (χ3n) is 4.71. The fourth-order valence-corrected chi connectivity index (χ4v) is 3.56. The molecule has 0 aliphatic heterocycles. The Balaban J connectivity index is 0.000000143. The summed E-state index contributed by atoms with van der Waals surface area (Å²) in [5.74, 6) is 0.585. The highest BCUT2D eigenvalue weighted by Crippen LogP contribution is 2.20. The molecule has 0 N–H and O–H groups in total. The highest BCUT2D eigenvalue weighted by molar-refractivity contribution is 6.18. The van der Waals surface area contributed by atoms with E-state index < -0.39 is 0 Å². The molecule has 0 saturated heterocycles. The Morgan fingerprint density at radius 1 is 0.679 bits per heavy atom. The summed E-state index contributed by atoms with van der Waals surface area (Å²) < 4.78 is 1.84. The largest absolute Gasteiger partial charge is 0.248 e. The minimum atomic E-state index is 0.585. The van der Waals surface area contributed by atoms with Gasteiger partial charge in [0.05, 0.1) is 12.7 Å². The molecule has 1 aromatic heterocycles. The predicted octanol–water partition coefficient (Wildman–Crippen LogP) is 6.06. The Labute approximate surface area is 169 Å². The van der Waals surface area contributed by atoms with E-state index in [4.69, 9.17) is 11.6 Å². The molecule has 4 heteroatoms. The summed E-state index contributed by atoms with van der Waals surface area (Å²) in [7, 11) is 0. The van der Waals surface area contributed by atoms with Crippen molar-refractivity contribution in [2.45, 2.75) is 12.4 Å². The van der Waals surface area contributed by atoms with Crippen molar-refractivity contribution in [3.05, 3.63) is 108 Å². The molecule has 3 nitrogen and oxygen atoms in total. The summed E-state index contributed by atoms with van der Waals surface area (Å²) in [6, 6.07) is 29.2. The molecule has 0 unspecified atom stereocenters. The molecule has 0 aliphatic carbocycles. The zero-order valence-corrected chi connectivity index (χ0v) is 16.1. The molecule has 5 rings (SSSR count). The standard InChI is InChI=1S/C13H11N3.C11H9Cl/c1-2-7-13-11(4-1)5-3-6-12(13)10-16-9-8-14-15-16;12-8-10-6-3-5-9-4-1-2-7-11(9)10/h1-9H,10H2;1-7H,8H2. The molecule has 0 saturated carbocycles. The minimum Gasteiger partial charge on any atom is -0.248 e. The Kier molecular flexibility index (Phi) is 5.64. The van der Waals surface area contributed by atoms with E-state index in [0.717, 1.165) is 6.54 Å². The van der Waals surface area contributed by atoms with Gasteiger partial charge in [0.2, 0.25) is 0 Å². The van der Waals surface area contributed by atoms with Gasteiger partial charge in [-0.3, -0.25) is 0 Å². The number of aromatic nitrogens is 3. The van der Waals surface area contributed by atoms with Gasteiger partial charge in [-0.25, -0.2) is 4.68 Å². The number of hydrogen-bond donors (Lipinski definition) is 0. The maximum absolute atomic E-state index is 5.81. The summed E-state index contributed by atoms with van der Waals surface area (Å²) in [5.41, 5.74) is 2.47. The van der Waals surface area contributed by atoms with Crippen molar-refractivity contribution in [1.82, 2.24) is 15.0 Å². The molecule has 5 aromatic rings. The molecule has 0 bridgehead atoms. The van der Waals surface area contributed by atoms with Crippen LogP contribution in [0.1, 0.15) is 11.1 Å². The van der Waals surface area contributed by atoms with Gasteiger partial charge < -0.3 is 0 Å². The summed E-state index contributed by atoms with van der Waals surface area (Å²) in [6.07, 6.45) is 3.58. The van der Waals surface area contributed by atoms with Crippen LogP contribution < -0.4 is 0 Å². The first-order valence-corrected chi connectivity index (χ1v) is 9.72. The van der Waals surface area contributed by atoms with Crippen LogP contribution in [0, 0.1) is 0 Å². The Hall–Kier alpha value is -3.17. The lowest BCUT2D eigenvalue weighted by Crippen LogP contribution is -2.00. The average molecular weight is 386 g/mol. The molecular weight excluding hydrogens is 366 g/mol. The summed E-state index contributed by atoms with van der Waals surface area (Å²) in [6.45, 7) is 0.765. The second-order valence-corrected chi connectivity index (χ2v) is 6.78. The first-order valence-electron chi connectivity index (χ1n) is 9.18. The summed E-state index contributed by atoms with van der Waals surface area (Å²) in [4.78, 5) is 0. The lowest BCUT2D eigenvalue weighted by Gasteiger charge is -2.05. The Bertz CT molecular complexity index is 1170. The smallest absolute Gasteiger partial charge is 0.0693 e. The molecule has 0 radical (unpaired) electrons. The number of hydrogen-bond acceptors (Lipinski definition) is 2. The molecule has 28 heavy (non-hydrogen) atoms. The van der Waals surface area contributed by atoms with Gasteiger partial charge in [0.15, 0.2) is 0 Å². The molecule has 138 valence electrons. The first-order chi connectivity index (χ1) is 13.8. The molecule has 0 atom stereocenters. The number of benzene rings is 4. The van der Waals surface area contributed by atoms with Crippen LogP contribution in [0.2, 0.25) is 0 Å². The molecule has 0 amide bonds. The van der Waals surface area contributed by atoms with Crippen molar-refractivity contribution in [2.75, 3.05) is 0 Å². The Morgan fingerprint density at radius 3 is 1.86 bits per heavy atom. The zero-order valence-electron chi connectivity index (χ0n) is 15.4. The summed E-state index contributed by atoms with van der Waals surface area (Å²) >= 11 is 5.81. The van der Waals surface area contributed by atoms with Gasteiger partial charge in [-0.2, -0.15) is 0 Å². The fourth-order valence-electron chi connectivity index (χ4n) is 3.33. The van der Waals surface area contributed by atoms with Gasteiger partial charge in [-0.05, 0) is 32.7 Å². The van der Waals surface area contributed by atoms with Crippen molar-refractivity contribution in [1.29, 1.82) is 0 Å². The second-order valence-electron chi connectivity index (χ2n) is 6.51. The lowest BCUT2D eigenvalue weighted by molar-refractivity contribution is 0.652. The van der Waals surface area contributed by atoms with E-state index in [0.29, 0.717) is 5.88 Å². The van der Waals surface area contributed by atoms with Crippen LogP contribution in [-0.2, 0) is 12.4 Å². The van der Waals surface area contributed by atoms with Crippen LogP contribution in [0.3, 0.4) is 0 Å². The molecule has 0 fully saturated rings. The van der Waals surface area contributed by atoms with Crippen LogP contribution in [-0.4, -0.2) is 15.0 Å². The SMILES string of the molecule is ClCc1cccc2ccccc12.c1ccc2c(Cn3ccnn3)cccc2c1. The van der Waals surface area contributed by atoms with Crippen LogP contribution in [0.4, 0.5) is 0 Å². The van der Waals surface area contributed by atoms with Crippen molar-refractivity contribution in [3.8, 4) is 0 Å². The van der Waals surface area contributed by atoms with E-state index in [1.54, 1.807) is 6.20 Å². The fraction of sp³-hybridized carbons (Fsp3) is 0.0833. The second kappa shape index (κ2) is 8.68. The molecule has 1 heterocycles. The number of fused-ring (bicyclic) bond motifs is 2. The van der Waals surface area contributed by atoms with E-state index in [1.807, 2.05) is 29.1 Å². The number of halogens is 1. The van der Waals surface area contributed by atoms with Gasteiger partial charge in [0.1, 0.15) is 0 Å². The predicted molar refractivity (Wildman–Crippen MR) is 117 cm³/mol. The van der Waals surface area contributed by atoms with E-state index in [1.165, 1.54) is 32.7 Å². The minimum absolute atomic E-state index is 0.585. The van der Waals surface area contributed by atoms with Crippen molar-refractivity contribution in [2.24, 2.45) is 0 Å². The van der Waals surface area contributed by atoms with E-state index >= 15 is 0 Å². The van der Waals surface area contributed by atoms with Crippen molar-refractivity contribution < 1.29 is 0 Å². The average Bonchev–Trinajstić information content (AvgIpc) is 3.27. The topological polar surface area (TPSA) is 30.7 Å². The van der Waals surface area contributed by atoms with Crippen LogP contribution in [0.5, 0.6) is 0 Å². The molecule has 4 aromatic carbocycles. The summed E-state index contributed by atoms with van der Waals surface area (Å²) in [5, 5.41) is 12.9. The monoisotopic (exact) mass is 385 g/mol. The van der Waals surface area contributed by atoms with Crippen molar-refractivity contribution in [3.63, 3.8) is 0 Å². The van der Waals surface area contributed by atoms with Gasteiger partial charge >= 0.3 is 0 Å². The zero-order chi connectivity index (χ0) is 19.2. The molecular formula is C24H20ClN3. The highest BCUT2D eigenvalue weighted by atomic mass is 35.5. The number of rotatable bonds is 3. The molecule has 0 aliphatic rings. The first kappa shape index (κ1) is 18.2. The third kappa shape index (κ3) is 4.05. The van der Waals surface area contributed by atoms with E-state index in [-0.39, 0.29) is 0 Å².